The maximum absolute atomic E-state index is 13.9. The Morgan fingerprint density at radius 1 is 1.23 bits per heavy atom. The number of guanidine groups is 1. The van der Waals surface area contributed by atoms with Gasteiger partial charge in [0.05, 0.1) is 6.54 Å². The molecule has 30 heavy (non-hydrogen) atoms. The zero-order valence-electron chi connectivity index (χ0n) is 16.6. The topological polar surface area (TPSA) is 61.8 Å². The fourth-order valence-electron chi connectivity index (χ4n) is 3.08. The number of aromatic nitrogens is 1. The maximum atomic E-state index is 13.9. The number of anilines is 1. The summed E-state index contributed by atoms with van der Waals surface area (Å²) in [7, 11) is 0. The minimum Gasteiger partial charge on any atom is -0.492 e. The first-order valence-corrected chi connectivity index (χ1v) is 9.55. The molecule has 0 aliphatic carbocycles. The van der Waals surface area contributed by atoms with Crippen molar-refractivity contribution in [3.05, 3.63) is 54.0 Å². The van der Waals surface area contributed by atoms with E-state index < -0.39 is 11.6 Å². The number of benzene rings is 1. The van der Waals surface area contributed by atoms with Crippen molar-refractivity contribution in [2.24, 2.45) is 4.99 Å². The third kappa shape index (κ3) is 6.64. The second-order valence-corrected chi connectivity index (χ2v) is 6.57. The van der Waals surface area contributed by atoms with E-state index in [2.05, 4.69) is 20.6 Å². The number of rotatable bonds is 7. The summed E-state index contributed by atoms with van der Waals surface area (Å²) in [6.45, 7) is 4.51. The summed E-state index contributed by atoms with van der Waals surface area (Å²) in [5, 5.41) is 6.49. The molecule has 3 rings (SSSR count). The van der Waals surface area contributed by atoms with Crippen molar-refractivity contribution in [3.8, 4) is 5.75 Å². The molecule has 0 saturated carbocycles. The lowest BCUT2D eigenvalue weighted by Gasteiger charge is -2.20. The molecule has 10 heteroatoms. The number of pyridine rings is 1. The van der Waals surface area contributed by atoms with Gasteiger partial charge in [0, 0.05) is 37.9 Å². The van der Waals surface area contributed by atoms with Crippen molar-refractivity contribution < 1.29 is 17.9 Å². The molecule has 164 valence electrons. The van der Waals surface area contributed by atoms with Crippen LogP contribution in [0.15, 0.2) is 41.5 Å². The number of ether oxygens (including phenoxy) is 1. The largest absolute Gasteiger partial charge is 0.492 e. The number of nitrogens with one attached hydrogen (secondary N) is 2. The molecule has 1 fully saturated rings. The zero-order valence-corrected chi connectivity index (χ0v) is 18.9. The van der Waals surface area contributed by atoms with Crippen LogP contribution in [0.25, 0.3) is 0 Å². The molecule has 0 bridgehead atoms. The first-order valence-electron chi connectivity index (χ1n) is 9.55. The monoisotopic (exact) mass is 535 g/mol. The summed E-state index contributed by atoms with van der Waals surface area (Å²) >= 11 is 0. The van der Waals surface area contributed by atoms with Gasteiger partial charge in [0.25, 0.3) is 0 Å². The third-order valence-electron chi connectivity index (χ3n) is 4.43. The van der Waals surface area contributed by atoms with Crippen LogP contribution < -0.4 is 20.3 Å². The van der Waals surface area contributed by atoms with Crippen LogP contribution in [0.2, 0.25) is 0 Å². The Morgan fingerprint density at radius 2 is 2.07 bits per heavy atom. The molecule has 1 aromatic heterocycles. The second kappa shape index (κ2) is 11.8. The molecule has 1 aliphatic rings. The highest BCUT2D eigenvalue weighted by atomic mass is 127. The summed E-state index contributed by atoms with van der Waals surface area (Å²) in [6, 6.07) is 6.48. The molecular weight excluding hydrogens is 510 g/mol. The van der Waals surface area contributed by atoms with Gasteiger partial charge in [-0.15, -0.1) is 24.0 Å². The first-order chi connectivity index (χ1) is 14.1. The van der Waals surface area contributed by atoms with Gasteiger partial charge in [0.1, 0.15) is 12.4 Å². The normalized spacial score (nSPS) is 16.2. The Labute approximate surface area is 190 Å². The van der Waals surface area contributed by atoms with Gasteiger partial charge in [-0.05, 0) is 37.6 Å². The lowest BCUT2D eigenvalue weighted by Crippen LogP contribution is -2.45. The summed E-state index contributed by atoms with van der Waals surface area (Å²) in [5.41, 5.74) is 0. The fourth-order valence-corrected chi connectivity index (χ4v) is 3.08. The van der Waals surface area contributed by atoms with Crippen LogP contribution in [-0.2, 0) is 0 Å². The lowest BCUT2D eigenvalue weighted by molar-refractivity contribution is 0.325. The van der Waals surface area contributed by atoms with E-state index in [1.54, 1.807) is 12.3 Å². The van der Waals surface area contributed by atoms with Crippen molar-refractivity contribution in [3.63, 3.8) is 0 Å². The molecule has 1 aromatic carbocycles. The summed E-state index contributed by atoms with van der Waals surface area (Å²) in [5.74, 6) is -0.960. The standard InChI is InChI=1S/C20H24F3N5O.HI/c1-2-24-20(26-9-11-29-15-5-6-16(21)18(23)12-15)27-14-7-10-28(13-14)19-17(22)4-3-8-25-19;/h3-6,8,12,14H,2,7,9-11,13H2,1H3,(H2,24,26,27);1H. The number of hydrogen-bond donors (Lipinski definition) is 2. The zero-order chi connectivity index (χ0) is 20.6. The number of nitrogens with zero attached hydrogens (tertiary/aromatic N) is 3. The molecular formula is C20H25F3IN5O. The molecule has 2 N–H and O–H groups in total. The van der Waals surface area contributed by atoms with Gasteiger partial charge in [0.2, 0.25) is 0 Å². The maximum Gasteiger partial charge on any atom is 0.191 e. The van der Waals surface area contributed by atoms with Crippen LogP contribution in [0, 0.1) is 17.5 Å². The molecule has 2 aromatic rings. The Balaban J connectivity index is 0.00000320. The lowest BCUT2D eigenvalue weighted by atomic mass is 10.3. The van der Waals surface area contributed by atoms with Crippen LogP contribution in [0.3, 0.4) is 0 Å². The van der Waals surface area contributed by atoms with E-state index in [4.69, 9.17) is 4.74 Å². The van der Waals surface area contributed by atoms with Gasteiger partial charge in [-0.2, -0.15) is 0 Å². The van der Waals surface area contributed by atoms with Crippen LogP contribution in [0.4, 0.5) is 19.0 Å². The molecule has 1 saturated heterocycles. The summed E-state index contributed by atoms with van der Waals surface area (Å²) < 4.78 is 45.4. The van der Waals surface area contributed by atoms with E-state index in [0.29, 0.717) is 38.0 Å². The quantitative estimate of drug-likeness (QED) is 0.247. The fraction of sp³-hybridized carbons (Fsp3) is 0.400. The number of aliphatic imine (C=N–C) groups is 1. The van der Waals surface area contributed by atoms with E-state index >= 15 is 0 Å². The van der Waals surface area contributed by atoms with Gasteiger partial charge < -0.3 is 20.3 Å². The van der Waals surface area contributed by atoms with Crippen molar-refractivity contribution >= 4 is 35.8 Å². The van der Waals surface area contributed by atoms with Crippen molar-refractivity contribution in [1.29, 1.82) is 0 Å². The van der Waals surface area contributed by atoms with Gasteiger partial charge in [-0.3, -0.25) is 0 Å². The Kier molecular flexibility index (Phi) is 9.47. The van der Waals surface area contributed by atoms with Gasteiger partial charge >= 0.3 is 0 Å². The average molecular weight is 535 g/mol. The molecule has 1 aliphatic heterocycles. The highest BCUT2D eigenvalue weighted by Crippen LogP contribution is 2.20. The minimum absolute atomic E-state index is 0. The molecule has 1 unspecified atom stereocenters. The summed E-state index contributed by atoms with van der Waals surface area (Å²) in [4.78, 5) is 10.5. The average Bonchev–Trinajstić information content (AvgIpc) is 3.16. The Hall–Kier alpha value is -2.24. The van der Waals surface area contributed by atoms with E-state index in [1.165, 1.54) is 12.1 Å². The predicted octanol–water partition coefficient (Wildman–Crippen LogP) is 3.33. The Bertz CT molecular complexity index is 855. The van der Waals surface area contributed by atoms with Crippen LogP contribution in [0.5, 0.6) is 5.75 Å². The molecule has 0 spiro atoms. The number of halogens is 4. The van der Waals surface area contributed by atoms with Crippen LogP contribution in [0.1, 0.15) is 13.3 Å². The van der Waals surface area contributed by atoms with E-state index in [1.807, 2.05) is 11.8 Å². The van der Waals surface area contributed by atoms with Gasteiger partial charge in [0.15, 0.2) is 29.2 Å². The SMILES string of the molecule is CCNC(=NCCOc1ccc(F)c(F)c1)NC1CCN(c2ncccc2F)C1.I. The smallest absolute Gasteiger partial charge is 0.191 e. The second-order valence-electron chi connectivity index (χ2n) is 6.57. The van der Waals surface area contributed by atoms with E-state index in [-0.39, 0.29) is 48.2 Å². The van der Waals surface area contributed by atoms with Crippen LogP contribution in [-0.4, -0.2) is 49.8 Å². The van der Waals surface area contributed by atoms with E-state index in [9.17, 15) is 13.2 Å². The molecule has 2 heterocycles. The highest BCUT2D eigenvalue weighted by Gasteiger charge is 2.25. The van der Waals surface area contributed by atoms with Gasteiger partial charge in [-0.25, -0.2) is 23.1 Å². The van der Waals surface area contributed by atoms with E-state index in [0.717, 1.165) is 18.6 Å². The first kappa shape index (κ1) is 24.0. The minimum atomic E-state index is -0.948. The number of hydrogen-bond acceptors (Lipinski definition) is 4. The van der Waals surface area contributed by atoms with Crippen LogP contribution >= 0.6 is 24.0 Å². The van der Waals surface area contributed by atoms with Crippen molar-refractivity contribution in [2.75, 3.05) is 37.7 Å². The third-order valence-corrected chi connectivity index (χ3v) is 4.43. The molecule has 6 nitrogen and oxygen atoms in total. The van der Waals surface area contributed by atoms with Crippen molar-refractivity contribution in [2.45, 2.75) is 19.4 Å². The highest BCUT2D eigenvalue weighted by molar-refractivity contribution is 14.0. The van der Waals surface area contributed by atoms with Crippen molar-refractivity contribution in [1.82, 2.24) is 15.6 Å². The predicted molar refractivity (Wildman–Crippen MR) is 121 cm³/mol. The summed E-state index contributed by atoms with van der Waals surface area (Å²) in [6.07, 6.45) is 2.41. The van der Waals surface area contributed by atoms with Gasteiger partial charge in [-0.1, -0.05) is 0 Å². The molecule has 1 atom stereocenters. The molecule has 0 radical (unpaired) electrons. The Morgan fingerprint density at radius 3 is 2.80 bits per heavy atom. The molecule has 0 amide bonds.